The SMILES string of the molecule is CCNCc1c(C)cc(C)nc1N1CCOCC1. The van der Waals surface area contributed by atoms with E-state index >= 15 is 0 Å². The van der Waals surface area contributed by atoms with E-state index < -0.39 is 0 Å². The highest BCUT2D eigenvalue weighted by molar-refractivity contribution is 5.52. The first-order valence-electron chi connectivity index (χ1n) is 6.73. The van der Waals surface area contributed by atoms with Crippen molar-refractivity contribution in [1.82, 2.24) is 10.3 Å². The molecule has 4 heteroatoms. The van der Waals surface area contributed by atoms with Gasteiger partial charge in [0.25, 0.3) is 0 Å². The molecule has 4 nitrogen and oxygen atoms in total. The molecular formula is C14H23N3O. The van der Waals surface area contributed by atoms with Gasteiger partial charge < -0.3 is 15.0 Å². The monoisotopic (exact) mass is 249 g/mol. The number of morpholine rings is 1. The molecule has 100 valence electrons. The Balaban J connectivity index is 2.29. The van der Waals surface area contributed by atoms with E-state index in [2.05, 4.69) is 37.1 Å². The summed E-state index contributed by atoms with van der Waals surface area (Å²) in [6.07, 6.45) is 0. The van der Waals surface area contributed by atoms with Gasteiger partial charge in [0.2, 0.25) is 0 Å². The normalized spacial score (nSPS) is 16.1. The largest absolute Gasteiger partial charge is 0.378 e. The van der Waals surface area contributed by atoms with Crippen LogP contribution in [0.4, 0.5) is 5.82 Å². The van der Waals surface area contributed by atoms with Crippen molar-refractivity contribution < 1.29 is 4.74 Å². The molecule has 1 saturated heterocycles. The van der Waals surface area contributed by atoms with Gasteiger partial charge in [-0.25, -0.2) is 4.98 Å². The van der Waals surface area contributed by atoms with Gasteiger partial charge in [0, 0.05) is 30.9 Å². The van der Waals surface area contributed by atoms with E-state index in [4.69, 9.17) is 9.72 Å². The zero-order chi connectivity index (χ0) is 13.0. The molecule has 1 fully saturated rings. The fraction of sp³-hybridized carbons (Fsp3) is 0.643. The highest BCUT2D eigenvalue weighted by atomic mass is 16.5. The maximum Gasteiger partial charge on any atom is 0.133 e. The Kier molecular flexibility index (Phi) is 4.55. The fourth-order valence-corrected chi connectivity index (χ4v) is 2.35. The predicted octanol–water partition coefficient (Wildman–Crippen LogP) is 1.64. The molecule has 0 spiro atoms. The molecular weight excluding hydrogens is 226 g/mol. The predicted molar refractivity (Wildman–Crippen MR) is 74.1 cm³/mol. The standard InChI is InChI=1S/C14H23N3O/c1-4-15-10-13-11(2)9-12(3)16-14(13)17-5-7-18-8-6-17/h9,15H,4-8,10H2,1-3H3. The van der Waals surface area contributed by atoms with E-state index in [0.29, 0.717) is 0 Å². The van der Waals surface area contributed by atoms with E-state index in [1.807, 2.05) is 0 Å². The van der Waals surface area contributed by atoms with Gasteiger partial charge >= 0.3 is 0 Å². The summed E-state index contributed by atoms with van der Waals surface area (Å²) in [5.41, 5.74) is 3.74. The molecule has 1 aliphatic rings. The van der Waals surface area contributed by atoms with E-state index in [-0.39, 0.29) is 0 Å². The molecule has 0 aromatic carbocycles. The first kappa shape index (κ1) is 13.3. The summed E-state index contributed by atoms with van der Waals surface area (Å²) in [5.74, 6) is 1.14. The number of pyridine rings is 1. The summed E-state index contributed by atoms with van der Waals surface area (Å²) in [6.45, 7) is 11.7. The third-order valence-electron chi connectivity index (χ3n) is 3.32. The van der Waals surface area contributed by atoms with Crippen molar-refractivity contribution in [2.75, 3.05) is 37.7 Å². The summed E-state index contributed by atoms with van der Waals surface area (Å²) in [5, 5.41) is 3.41. The highest BCUT2D eigenvalue weighted by Crippen LogP contribution is 2.23. The van der Waals surface area contributed by atoms with Crippen molar-refractivity contribution in [3.63, 3.8) is 0 Å². The lowest BCUT2D eigenvalue weighted by atomic mass is 10.1. The third-order valence-corrected chi connectivity index (χ3v) is 3.32. The van der Waals surface area contributed by atoms with Gasteiger partial charge in [-0.15, -0.1) is 0 Å². The van der Waals surface area contributed by atoms with Crippen molar-refractivity contribution in [1.29, 1.82) is 0 Å². The molecule has 0 amide bonds. The number of nitrogens with one attached hydrogen (secondary N) is 1. The van der Waals surface area contributed by atoms with Crippen LogP contribution in [0.3, 0.4) is 0 Å². The van der Waals surface area contributed by atoms with E-state index in [1.54, 1.807) is 0 Å². The summed E-state index contributed by atoms with van der Waals surface area (Å²) in [4.78, 5) is 7.08. The maximum atomic E-state index is 5.42. The number of anilines is 1. The molecule has 2 rings (SSSR count). The second kappa shape index (κ2) is 6.16. The van der Waals surface area contributed by atoms with Crippen molar-refractivity contribution in [2.45, 2.75) is 27.3 Å². The van der Waals surface area contributed by atoms with E-state index in [1.165, 1.54) is 11.1 Å². The van der Waals surface area contributed by atoms with Crippen molar-refractivity contribution in [3.05, 3.63) is 22.9 Å². The first-order valence-corrected chi connectivity index (χ1v) is 6.73. The van der Waals surface area contributed by atoms with Crippen LogP contribution in [0.25, 0.3) is 0 Å². The molecule has 2 heterocycles. The molecule has 0 radical (unpaired) electrons. The lowest BCUT2D eigenvalue weighted by Crippen LogP contribution is -2.38. The summed E-state index contributed by atoms with van der Waals surface area (Å²) in [7, 11) is 0. The van der Waals surface area contributed by atoms with Crippen LogP contribution < -0.4 is 10.2 Å². The Morgan fingerprint density at radius 3 is 2.72 bits per heavy atom. The van der Waals surface area contributed by atoms with Gasteiger partial charge in [0.15, 0.2) is 0 Å². The molecule has 1 aromatic heterocycles. The van der Waals surface area contributed by atoms with E-state index in [0.717, 1.165) is 50.9 Å². The zero-order valence-electron chi connectivity index (χ0n) is 11.6. The topological polar surface area (TPSA) is 37.4 Å². The van der Waals surface area contributed by atoms with Gasteiger partial charge in [0.1, 0.15) is 5.82 Å². The Morgan fingerprint density at radius 1 is 1.33 bits per heavy atom. The van der Waals surface area contributed by atoms with Gasteiger partial charge in [-0.05, 0) is 32.0 Å². The van der Waals surface area contributed by atoms with Crippen molar-refractivity contribution in [2.24, 2.45) is 0 Å². The minimum Gasteiger partial charge on any atom is -0.378 e. The lowest BCUT2D eigenvalue weighted by Gasteiger charge is -2.30. The maximum absolute atomic E-state index is 5.42. The molecule has 18 heavy (non-hydrogen) atoms. The van der Waals surface area contributed by atoms with Crippen LogP contribution >= 0.6 is 0 Å². The molecule has 1 N–H and O–H groups in total. The Morgan fingerprint density at radius 2 is 2.06 bits per heavy atom. The van der Waals surface area contributed by atoms with Crippen LogP contribution in [-0.4, -0.2) is 37.8 Å². The van der Waals surface area contributed by atoms with Gasteiger partial charge in [-0.2, -0.15) is 0 Å². The molecule has 0 aliphatic carbocycles. The summed E-state index contributed by atoms with van der Waals surface area (Å²) < 4.78 is 5.42. The fourth-order valence-electron chi connectivity index (χ4n) is 2.35. The summed E-state index contributed by atoms with van der Waals surface area (Å²) in [6, 6.07) is 2.16. The zero-order valence-corrected chi connectivity index (χ0v) is 11.6. The quantitative estimate of drug-likeness (QED) is 0.880. The van der Waals surface area contributed by atoms with Gasteiger partial charge in [-0.3, -0.25) is 0 Å². The molecule has 0 saturated carbocycles. The average Bonchev–Trinajstić information content (AvgIpc) is 2.38. The molecule has 0 unspecified atom stereocenters. The minimum atomic E-state index is 0.801. The summed E-state index contributed by atoms with van der Waals surface area (Å²) >= 11 is 0. The molecule has 1 aromatic rings. The van der Waals surface area contributed by atoms with Crippen LogP contribution in [0.15, 0.2) is 6.07 Å². The van der Waals surface area contributed by atoms with Crippen LogP contribution in [-0.2, 0) is 11.3 Å². The Bertz CT molecular complexity index is 400. The number of aryl methyl sites for hydroxylation is 2. The number of hydrogen-bond acceptors (Lipinski definition) is 4. The minimum absolute atomic E-state index is 0.801. The van der Waals surface area contributed by atoms with Gasteiger partial charge in [0.05, 0.1) is 13.2 Å². The number of hydrogen-bond donors (Lipinski definition) is 1. The number of aromatic nitrogens is 1. The number of ether oxygens (including phenoxy) is 1. The Hall–Kier alpha value is -1.13. The van der Waals surface area contributed by atoms with Crippen molar-refractivity contribution >= 4 is 5.82 Å². The van der Waals surface area contributed by atoms with E-state index in [9.17, 15) is 0 Å². The van der Waals surface area contributed by atoms with Crippen LogP contribution in [0.5, 0.6) is 0 Å². The number of rotatable bonds is 4. The van der Waals surface area contributed by atoms with Crippen LogP contribution in [0.2, 0.25) is 0 Å². The Labute approximate surface area is 109 Å². The second-order valence-electron chi connectivity index (χ2n) is 4.76. The molecule has 1 aliphatic heterocycles. The van der Waals surface area contributed by atoms with Crippen molar-refractivity contribution in [3.8, 4) is 0 Å². The lowest BCUT2D eigenvalue weighted by molar-refractivity contribution is 0.122. The third kappa shape index (κ3) is 3.00. The first-order chi connectivity index (χ1) is 8.72. The average molecular weight is 249 g/mol. The van der Waals surface area contributed by atoms with Crippen LogP contribution in [0.1, 0.15) is 23.7 Å². The smallest absolute Gasteiger partial charge is 0.133 e. The van der Waals surface area contributed by atoms with Crippen LogP contribution in [0, 0.1) is 13.8 Å². The second-order valence-corrected chi connectivity index (χ2v) is 4.76. The molecule has 0 atom stereocenters. The highest BCUT2D eigenvalue weighted by Gasteiger charge is 2.17. The molecule has 0 bridgehead atoms. The number of nitrogens with zero attached hydrogens (tertiary/aromatic N) is 2. The van der Waals surface area contributed by atoms with Gasteiger partial charge in [-0.1, -0.05) is 6.92 Å².